The van der Waals surface area contributed by atoms with Gasteiger partial charge in [0.2, 0.25) is 0 Å². The molecule has 0 saturated carbocycles. The summed E-state index contributed by atoms with van der Waals surface area (Å²) >= 11 is 0. The van der Waals surface area contributed by atoms with Gasteiger partial charge in [0.1, 0.15) is 0 Å². The molecule has 156 valence electrons. The molecule has 1 aromatic heterocycles. The first-order chi connectivity index (χ1) is 13.4. The van der Waals surface area contributed by atoms with E-state index in [1.165, 1.54) is 4.90 Å². The first kappa shape index (κ1) is 20.9. The lowest BCUT2D eigenvalue weighted by Crippen LogP contribution is -2.50. The Morgan fingerprint density at radius 3 is 2.54 bits per heavy atom. The van der Waals surface area contributed by atoms with Crippen molar-refractivity contribution in [3.05, 3.63) is 30.1 Å². The Hall–Kier alpha value is -1.87. The van der Waals surface area contributed by atoms with Crippen molar-refractivity contribution in [3.63, 3.8) is 0 Å². The summed E-state index contributed by atoms with van der Waals surface area (Å²) in [6.07, 6.45) is -0.106. The van der Waals surface area contributed by atoms with E-state index < -0.39 is 12.7 Å². The molecule has 6 nitrogen and oxygen atoms in total. The average molecular weight is 399 g/mol. The number of amides is 2. The average Bonchev–Trinajstić information content (AvgIpc) is 2.88. The second-order valence-electron chi connectivity index (χ2n) is 7.55. The predicted molar refractivity (Wildman–Crippen MR) is 99.8 cm³/mol. The molecule has 3 rings (SSSR count). The standard InChI is InChI=1S/C19H28F3N5O/c20-19(21,22)15-26-8-3-9-27(13-12-26)18(28)24-16-5-10-25(11-6-16)14-17-4-1-2-7-23-17/h1-2,4,7,16H,3,5-6,8-15H2,(H,24,28). The highest BCUT2D eigenvalue weighted by atomic mass is 19.4. The minimum Gasteiger partial charge on any atom is -0.335 e. The number of nitrogens with one attached hydrogen (secondary N) is 1. The molecule has 3 heterocycles. The number of piperidine rings is 1. The van der Waals surface area contributed by atoms with Crippen LogP contribution in [0.5, 0.6) is 0 Å². The molecule has 1 N–H and O–H groups in total. The number of pyridine rings is 1. The number of alkyl halides is 3. The van der Waals surface area contributed by atoms with Crippen LogP contribution in [-0.4, -0.2) is 83.7 Å². The second kappa shape index (κ2) is 9.56. The molecular weight excluding hydrogens is 371 g/mol. The molecule has 2 saturated heterocycles. The highest BCUT2D eigenvalue weighted by Crippen LogP contribution is 2.18. The molecule has 0 unspecified atom stereocenters. The normalized spacial score (nSPS) is 20.8. The molecule has 28 heavy (non-hydrogen) atoms. The van der Waals surface area contributed by atoms with Crippen molar-refractivity contribution >= 4 is 6.03 Å². The SMILES string of the molecule is O=C(NC1CCN(Cc2ccccn2)CC1)N1CCCN(CC(F)(F)F)CC1. The lowest BCUT2D eigenvalue weighted by molar-refractivity contribution is -0.145. The lowest BCUT2D eigenvalue weighted by atomic mass is 10.0. The Morgan fingerprint density at radius 1 is 1.07 bits per heavy atom. The van der Waals surface area contributed by atoms with Crippen LogP contribution in [0.25, 0.3) is 0 Å². The van der Waals surface area contributed by atoms with Crippen LogP contribution in [0, 0.1) is 0 Å². The van der Waals surface area contributed by atoms with Crippen molar-refractivity contribution < 1.29 is 18.0 Å². The van der Waals surface area contributed by atoms with E-state index in [2.05, 4.69) is 15.2 Å². The minimum absolute atomic E-state index is 0.113. The van der Waals surface area contributed by atoms with Crippen molar-refractivity contribution in [2.75, 3.05) is 45.8 Å². The largest absolute Gasteiger partial charge is 0.401 e. The Kier molecular flexibility index (Phi) is 7.12. The van der Waals surface area contributed by atoms with Gasteiger partial charge in [0, 0.05) is 58.1 Å². The zero-order valence-electron chi connectivity index (χ0n) is 16.0. The fourth-order valence-corrected chi connectivity index (χ4v) is 3.81. The smallest absolute Gasteiger partial charge is 0.335 e. The van der Waals surface area contributed by atoms with E-state index in [1.54, 1.807) is 11.1 Å². The van der Waals surface area contributed by atoms with Crippen LogP contribution in [0.1, 0.15) is 25.0 Å². The number of urea groups is 1. The fourth-order valence-electron chi connectivity index (χ4n) is 3.81. The Morgan fingerprint density at radius 2 is 1.86 bits per heavy atom. The van der Waals surface area contributed by atoms with Crippen LogP contribution in [0.3, 0.4) is 0 Å². The molecule has 0 aliphatic carbocycles. The van der Waals surface area contributed by atoms with Crippen LogP contribution < -0.4 is 5.32 Å². The van der Waals surface area contributed by atoms with E-state index >= 15 is 0 Å². The van der Waals surface area contributed by atoms with Gasteiger partial charge in [-0.05, 0) is 31.4 Å². The summed E-state index contributed by atoms with van der Waals surface area (Å²) in [5.74, 6) is 0. The van der Waals surface area contributed by atoms with Crippen LogP contribution in [0.15, 0.2) is 24.4 Å². The van der Waals surface area contributed by atoms with Gasteiger partial charge < -0.3 is 10.2 Å². The Balaban J connectivity index is 1.39. The Bertz CT molecular complexity index is 620. The number of hydrogen-bond acceptors (Lipinski definition) is 4. The predicted octanol–water partition coefficient (Wildman–Crippen LogP) is 2.33. The van der Waals surface area contributed by atoms with Crippen LogP contribution in [-0.2, 0) is 6.54 Å². The maximum atomic E-state index is 12.6. The van der Waals surface area contributed by atoms with Gasteiger partial charge in [0.25, 0.3) is 0 Å². The molecule has 0 atom stereocenters. The van der Waals surface area contributed by atoms with E-state index in [-0.39, 0.29) is 18.6 Å². The number of carbonyl (C=O) groups excluding carboxylic acids is 1. The van der Waals surface area contributed by atoms with Crippen molar-refractivity contribution in [1.82, 2.24) is 25.0 Å². The van der Waals surface area contributed by atoms with Crippen LogP contribution >= 0.6 is 0 Å². The molecule has 0 bridgehead atoms. The summed E-state index contributed by atoms with van der Waals surface area (Å²) < 4.78 is 37.7. The molecule has 9 heteroatoms. The van der Waals surface area contributed by atoms with E-state index in [1.807, 2.05) is 18.2 Å². The first-order valence-corrected chi connectivity index (χ1v) is 9.86. The van der Waals surface area contributed by atoms with Crippen LogP contribution in [0.2, 0.25) is 0 Å². The molecule has 0 radical (unpaired) electrons. The van der Waals surface area contributed by atoms with Crippen molar-refractivity contribution in [1.29, 1.82) is 0 Å². The van der Waals surface area contributed by atoms with Gasteiger partial charge in [-0.2, -0.15) is 13.2 Å². The number of nitrogens with zero attached hydrogens (tertiary/aromatic N) is 4. The number of halogens is 3. The van der Waals surface area contributed by atoms with Gasteiger partial charge in [0.05, 0.1) is 12.2 Å². The third-order valence-electron chi connectivity index (χ3n) is 5.31. The van der Waals surface area contributed by atoms with Crippen LogP contribution in [0.4, 0.5) is 18.0 Å². The first-order valence-electron chi connectivity index (χ1n) is 9.86. The molecule has 2 aliphatic rings. The molecule has 0 aromatic carbocycles. The summed E-state index contributed by atoms with van der Waals surface area (Å²) in [6.45, 7) is 3.14. The van der Waals surface area contributed by atoms with Gasteiger partial charge in [-0.1, -0.05) is 6.07 Å². The molecular formula is C19H28F3N5O. The van der Waals surface area contributed by atoms with Crippen molar-refractivity contribution in [2.24, 2.45) is 0 Å². The molecule has 0 spiro atoms. The summed E-state index contributed by atoms with van der Waals surface area (Å²) in [6, 6.07) is 5.84. The number of rotatable bonds is 4. The van der Waals surface area contributed by atoms with E-state index in [0.717, 1.165) is 38.2 Å². The third kappa shape index (κ3) is 6.63. The van der Waals surface area contributed by atoms with Crippen molar-refractivity contribution in [3.8, 4) is 0 Å². The maximum Gasteiger partial charge on any atom is 0.401 e. The van der Waals surface area contributed by atoms with Gasteiger partial charge in [-0.25, -0.2) is 4.79 Å². The van der Waals surface area contributed by atoms with Gasteiger partial charge in [-0.3, -0.25) is 14.8 Å². The monoisotopic (exact) mass is 399 g/mol. The molecule has 1 aromatic rings. The number of aromatic nitrogens is 1. The van der Waals surface area contributed by atoms with Gasteiger partial charge >= 0.3 is 12.2 Å². The summed E-state index contributed by atoms with van der Waals surface area (Å²) in [5.41, 5.74) is 1.04. The molecule has 2 amide bonds. The number of hydrogen-bond donors (Lipinski definition) is 1. The van der Waals surface area contributed by atoms with Gasteiger partial charge in [-0.15, -0.1) is 0 Å². The zero-order valence-corrected chi connectivity index (χ0v) is 16.0. The van der Waals surface area contributed by atoms with E-state index in [4.69, 9.17) is 0 Å². The van der Waals surface area contributed by atoms with E-state index in [0.29, 0.717) is 26.1 Å². The maximum absolute atomic E-state index is 12.6. The molecule has 2 fully saturated rings. The molecule has 2 aliphatic heterocycles. The highest BCUT2D eigenvalue weighted by Gasteiger charge is 2.32. The van der Waals surface area contributed by atoms with Crippen molar-refractivity contribution in [2.45, 2.75) is 38.0 Å². The Labute approximate surface area is 163 Å². The lowest BCUT2D eigenvalue weighted by Gasteiger charge is -2.33. The summed E-state index contributed by atoms with van der Waals surface area (Å²) in [5, 5.41) is 3.07. The number of carbonyl (C=O) groups is 1. The fraction of sp³-hybridized carbons (Fsp3) is 0.684. The third-order valence-corrected chi connectivity index (χ3v) is 5.31. The van der Waals surface area contributed by atoms with E-state index in [9.17, 15) is 18.0 Å². The summed E-state index contributed by atoms with van der Waals surface area (Å²) in [4.78, 5) is 22.2. The zero-order chi connectivity index (χ0) is 20.0. The highest BCUT2D eigenvalue weighted by molar-refractivity contribution is 5.74. The topological polar surface area (TPSA) is 51.7 Å². The number of likely N-dealkylation sites (tertiary alicyclic amines) is 1. The minimum atomic E-state index is -4.19. The second-order valence-corrected chi connectivity index (χ2v) is 7.55. The van der Waals surface area contributed by atoms with Gasteiger partial charge in [0.15, 0.2) is 0 Å². The quantitative estimate of drug-likeness (QED) is 0.845. The summed E-state index contributed by atoms with van der Waals surface area (Å²) in [7, 11) is 0.